The van der Waals surface area contributed by atoms with Crippen molar-refractivity contribution in [1.29, 1.82) is 0 Å². The quantitative estimate of drug-likeness (QED) is 0.773. The molecule has 8 nitrogen and oxygen atoms in total. The van der Waals surface area contributed by atoms with Crippen LogP contribution < -0.4 is 5.32 Å². The Kier molecular flexibility index (Phi) is 2.59. The van der Waals surface area contributed by atoms with E-state index in [-0.39, 0.29) is 0 Å². The molecule has 102 valence electrons. The van der Waals surface area contributed by atoms with E-state index in [9.17, 15) is 0 Å². The zero-order chi connectivity index (χ0) is 13.5. The Hall–Kier alpha value is -2.16. The lowest BCUT2D eigenvalue weighted by Crippen LogP contribution is -2.01. The Morgan fingerprint density at radius 1 is 1.40 bits per heavy atom. The predicted octanol–water partition coefficient (Wildman–Crippen LogP) is 1.24. The van der Waals surface area contributed by atoms with Gasteiger partial charge in [0.2, 0.25) is 5.16 Å². The molecule has 0 amide bonds. The fourth-order valence-corrected chi connectivity index (χ4v) is 2.90. The van der Waals surface area contributed by atoms with Crippen molar-refractivity contribution in [2.75, 3.05) is 12.4 Å². The SMILES string of the molecule is CNc1cn2ccnc2c(Sc2nnnn2C2CC2)n1. The van der Waals surface area contributed by atoms with Gasteiger partial charge in [-0.1, -0.05) is 0 Å². The number of anilines is 1. The first kappa shape index (κ1) is 11.6. The van der Waals surface area contributed by atoms with Gasteiger partial charge in [-0.15, -0.1) is 5.10 Å². The van der Waals surface area contributed by atoms with Gasteiger partial charge in [0.15, 0.2) is 5.65 Å². The van der Waals surface area contributed by atoms with Crippen molar-refractivity contribution < 1.29 is 0 Å². The molecule has 3 heterocycles. The Labute approximate surface area is 118 Å². The molecule has 0 spiro atoms. The number of nitrogens with zero attached hydrogens (tertiary/aromatic N) is 7. The van der Waals surface area contributed by atoms with Gasteiger partial charge in [-0.25, -0.2) is 14.6 Å². The summed E-state index contributed by atoms with van der Waals surface area (Å²) < 4.78 is 3.81. The van der Waals surface area contributed by atoms with Crippen LogP contribution in [0.15, 0.2) is 28.8 Å². The predicted molar refractivity (Wildman–Crippen MR) is 72.7 cm³/mol. The van der Waals surface area contributed by atoms with E-state index in [0.717, 1.165) is 34.5 Å². The lowest BCUT2D eigenvalue weighted by molar-refractivity contribution is 0.565. The molecule has 20 heavy (non-hydrogen) atoms. The van der Waals surface area contributed by atoms with Crippen LogP contribution in [0, 0.1) is 0 Å². The number of aromatic nitrogens is 7. The first-order chi connectivity index (χ1) is 9.85. The summed E-state index contributed by atoms with van der Waals surface area (Å²) in [5.41, 5.74) is 0.805. The third-order valence-corrected chi connectivity index (χ3v) is 4.06. The lowest BCUT2D eigenvalue weighted by Gasteiger charge is -2.06. The molecule has 3 aromatic rings. The highest BCUT2D eigenvalue weighted by Gasteiger charge is 2.28. The van der Waals surface area contributed by atoms with Gasteiger partial charge in [-0.2, -0.15) is 0 Å². The number of imidazole rings is 1. The standard InChI is InChI=1S/C11H12N8S/c1-12-8-6-18-5-4-13-9(18)10(14-8)20-11-15-16-17-19(11)7-2-3-7/h4-7,12H,2-3H2,1H3. The molecule has 0 atom stereocenters. The fraction of sp³-hybridized carbons (Fsp3) is 0.364. The topological polar surface area (TPSA) is 85.8 Å². The van der Waals surface area contributed by atoms with E-state index in [2.05, 4.69) is 30.8 Å². The second-order valence-corrected chi connectivity index (χ2v) is 5.53. The van der Waals surface area contributed by atoms with Gasteiger partial charge in [-0.3, -0.25) is 0 Å². The molecule has 1 saturated carbocycles. The second-order valence-electron chi connectivity index (χ2n) is 4.58. The normalized spacial score (nSPS) is 14.8. The van der Waals surface area contributed by atoms with E-state index in [1.54, 1.807) is 6.20 Å². The van der Waals surface area contributed by atoms with Crippen molar-refractivity contribution in [2.24, 2.45) is 0 Å². The molecule has 0 aliphatic heterocycles. The van der Waals surface area contributed by atoms with E-state index in [1.165, 1.54) is 11.8 Å². The maximum Gasteiger partial charge on any atom is 0.216 e. The van der Waals surface area contributed by atoms with Crippen LogP contribution in [-0.4, -0.2) is 41.6 Å². The molecule has 1 aliphatic rings. The largest absolute Gasteiger partial charge is 0.372 e. The zero-order valence-corrected chi connectivity index (χ0v) is 11.6. The van der Waals surface area contributed by atoms with Crippen molar-refractivity contribution in [3.63, 3.8) is 0 Å². The average Bonchev–Trinajstić information content (AvgIpc) is 3.01. The van der Waals surface area contributed by atoms with Crippen molar-refractivity contribution in [3.8, 4) is 0 Å². The molecule has 0 saturated heterocycles. The highest BCUT2D eigenvalue weighted by Crippen LogP contribution is 2.38. The number of hydrogen-bond donors (Lipinski definition) is 1. The summed E-state index contributed by atoms with van der Waals surface area (Å²) in [6.07, 6.45) is 7.83. The van der Waals surface area contributed by atoms with Crippen LogP contribution in [0.3, 0.4) is 0 Å². The summed E-state index contributed by atoms with van der Waals surface area (Å²) in [6.45, 7) is 0. The maximum absolute atomic E-state index is 4.55. The molecule has 3 aromatic heterocycles. The minimum Gasteiger partial charge on any atom is -0.372 e. The molecule has 0 aromatic carbocycles. The first-order valence-electron chi connectivity index (χ1n) is 6.32. The fourth-order valence-electron chi connectivity index (χ4n) is 1.98. The summed E-state index contributed by atoms with van der Waals surface area (Å²) >= 11 is 1.45. The monoisotopic (exact) mass is 288 g/mol. The lowest BCUT2D eigenvalue weighted by atomic mass is 10.6. The molecule has 0 unspecified atom stereocenters. The van der Waals surface area contributed by atoms with E-state index in [4.69, 9.17) is 0 Å². The molecule has 0 bridgehead atoms. The molecule has 1 fully saturated rings. The van der Waals surface area contributed by atoms with Crippen LogP contribution in [-0.2, 0) is 0 Å². The van der Waals surface area contributed by atoms with Gasteiger partial charge < -0.3 is 9.72 Å². The van der Waals surface area contributed by atoms with Crippen LogP contribution in [0.4, 0.5) is 5.82 Å². The first-order valence-corrected chi connectivity index (χ1v) is 7.14. The van der Waals surface area contributed by atoms with E-state index in [0.29, 0.717) is 6.04 Å². The molecule has 4 rings (SSSR count). The van der Waals surface area contributed by atoms with Gasteiger partial charge in [0.05, 0.1) is 12.2 Å². The van der Waals surface area contributed by atoms with Crippen LogP contribution in [0.5, 0.6) is 0 Å². The number of nitrogens with one attached hydrogen (secondary N) is 1. The Balaban J connectivity index is 1.77. The van der Waals surface area contributed by atoms with Crippen molar-refractivity contribution in [2.45, 2.75) is 29.1 Å². The van der Waals surface area contributed by atoms with Crippen LogP contribution in [0.25, 0.3) is 5.65 Å². The average molecular weight is 288 g/mol. The van der Waals surface area contributed by atoms with Gasteiger partial charge >= 0.3 is 0 Å². The summed E-state index contributed by atoms with van der Waals surface area (Å²) in [7, 11) is 1.84. The van der Waals surface area contributed by atoms with Gasteiger partial charge in [0, 0.05) is 19.4 Å². The van der Waals surface area contributed by atoms with Crippen LogP contribution in [0.2, 0.25) is 0 Å². The number of fused-ring (bicyclic) bond motifs is 1. The van der Waals surface area contributed by atoms with Gasteiger partial charge in [0.25, 0.3) is 0 Å². The molecule has 1 N–H and O–H groups in total. The van der Waals surface area contributed by atoms with Crippen LogP contribution in [0.1, 0.15) is 18.9 Å². The second kappa shape index (κ2) is 4.44. The van der Waals surface area contributed by atoms with Crippen LogP contribution >= 0.6 is 11.8 Å². The van der Waals surface area contributed by atoms with Crippen molar-refractivity contribution >= 4 is 23.2 Å². The van der Waals surface area contributed by atoms with E-state index < -0.39 is 0 Å². The third-order valence-electron chi connectivity index (χ3n) is 3.14. The van der Waals surface area contributed by atoms with E-state index in [1.807, 2.05) is 28.5 Å². The third kappa shape index (κ3) is 1.90. The van der Waals surface area contributed by atoms with E-state index >= 15 is 0 Å². The Bertz CT molecular complexity index is 759. The zero-order valence-electron chi connectivity index (χ0n) is 10.8. The summed E-state index contributed by atoms with van der Waals surface area (Å²) in [4.78, 5) is 8.89. The summed E-state index contributed by atoms with van der Waals surface area (Å²) in [5, 5.41) is 16.5. The Morgan fingerprint density at radius 3 is 3.10 bits per heavy atom. The summed E-state index contributed by atoms with van der Waals surface area (Å²) in [5.74, 6) is 0.781. The molecule has 0 radical (unpaired) electrons. The molecule has 1 aliphatic carbocycles. The van der Waals surface area contributed by atoms with Gasteiger partial charge in [-0.05, 0) is 35.0 Å². The molecular weight excluding hydrogens is 276 g/mol. The smallest absolute Gasteiger partial charge is 0.216 e. The van der Waals surface area contributed by atoms with Gasteiger partial charge in [0.1, 0.15) is 10.8 Å². The Morgan fingerprint density at radius 2 is 2.30 bits per heavy atom. The molecule has 9 heteroatoms. The minimum absolute atomic E-state index is 0.441. The maximum atomic E-state index is 4.55. The minimum atomic E-state index is 0.441. The number of hydrogen-bond acceptors (Lipinski definition) is 7. The number of tetrazole rings is 1. The summed E-state index contributed by atoms with van der Waals surface area (Å²) in [6, 6.07) is 0.441. The highest BCUT2D eigenvalue weighted by atomic mass is 32.2. The molecular formula is C11H12N8S. The van der Waals surface area contributed by atoms with Crippen molar-refractivity contribution in [3.05, 3.63) is 18.6 Å². The highest BCUT2D eigenvalue weighted by molar-refractivity contribution is 7.99. The number of rotatable bonds is 4. The van der Waals surface area contributed by atoms with Crippen molar-refractivity contribution in [1.82, 2.24) is 34.6 Å².